The van der Waals surface area contributed by atoms with Gasteiger partial charge in [-0.15, -0.1) is 0 Å². The molecule has 1 aliphatic rings. The van der Waals surface area contributed by atoms with Crippen LogP contribution in [0, 0.1) is 20.8 Å². The van der Waals surface area contributed by atoms with Gasteiger partial charge in [-0.05, 0) is 50.5 Å². The average molecular weight is 345 g/mol. The lowest BCUT2D eigenvalue weighted by atomic mass is 10.1. The lowest BCUT2D eigenvalue weighted by Gasteiger charge is -2.19. The summed E-state index contributed by atoms with van der Waals surface area (Å²) in [7, 11) is -3.52. The first-order valence-corrected chi connectivity index (χ1v) is 9.61. The molecule has 6 heteroatoms. The minimum absolute atomic E-state index is 0.0999. The quantitative estimate of drug-likeness (QED) is 0.925. The molecule has 0 saturated carbocycles. The topological polar surface area (TPSA) is 62.3 Å². The van der Waals surface area contributed by atoms with Gasteiger partial charge < -0.3 is 4.90 Å². The van der Waals surface area contributed by atoms with Crippen molar-refractivity contribution in [3.8, 4) is 0 Å². The average Bonchev–Trinajstić information content (AvgIpc) is 2.94. The van der Waals surface area contributed by atoms with Crippen molar-refractivity contribution in [1.29, 1.82) is 0 Å². The van der Waals surface area contributed by atoms with E-state index in [1.807, 2.05) is 51.1 Å². The van der Waals surface area contributed by atoms with Crippen molar-refractivity contribution in [3.05, 3.63) is 53.2 Å². The summed E-state index contributed by atoms with van der Waals surface area (Å²) in [5, 5.41) is 0. The summed E-state index contributed by atoms with van der Waals surface area (Å²) < 4.78 is 28.6. The summed E-state index contributed by atoms with van der Waals surface area (Å²) in [6.07, 6.45) is 2.53. The normalized spacial score (nSPS) is 18.1. The van der Waals surface area contributed by atoms with Crippen LogP contribution >= 0.6 is 0 Å². The van der Waals surface area contributed by atoms with E-state index in [-0.39, 0.29) is 6.04 Å². The van der Waals surface area contributed by atoms with E-state index in [4.69, 9.17) is 0 Å². The third kappa shape index (κ3) is 3.44. The summed E-state index contributed by atoms with van der Waals surface area (Å²) >= 11 is 0. The predicted molar refractivity (Wildman–Crippen MR) is 95.8 cm³/mol. The number of aromatic nitrogens is 1. The number of aryl methyl sites for hydroxylation is 3. The Morgan fingerprint density at radius 2 is 1.88 bits per heavy atom. The fourth-order valence-corrected chi connectivity index (χ4v) is 5.19. The Balaban J connectivity index is 1.77. The van der Waals surface area contributed by atoms with Crippen LogP contribution in [0.15, 0.2) is 41.4 Å². The molecule has 1 fully saturated rings. The molecular formula is C18H23N3O2S. The van der Waals surface area contributed by atoms with Gasteiger partial charge in [0.05, 0.1) is 4.90 Å². The first-order chi connectivity index (χ1) is 11.4. The Hall–Kier alpha value is -1.92. The van der Waals surface area contributed by atoms with Crippen LogP contribution in [0.4, 0.5) is 5.82 Å². The molecule has 3 rings (SSSR count). The second-order valence-corrected chi connectivity index (χ2v) is 8.12. The number of nitrogens with one attached hydrogen (secondary N) is 1. The molecule has 1 unspecified atom stereocenters. The van der Waals surface area contributed by atoms with Gasteiger partial charge in [0.25, 0.3) is 0 Å². The Morgan fingerprint density at radius 3 is 2.50 bits per heavy atom. The molecule has 1 N–H and O–H groups in total. The van der Waals surface area contributed by atoms with Gasteiger partial charge in [-0.25, -0.2) is 18.1 Å². The maximum atomic E-state index is 12.8. The molecule has 2 aromatic rings. The number of hydrogen-bond donors (Lipinski definition) is 1. The zero-order valence-corrected chi connectivity index (χ0v) is 15.1. The predicted octanol–water partition coefficient (Wildman–Crippen LogP) is 2.56. The van der Waals surface area contributed by atoms with Gasteiger partial charge in [-0.1, -0.05) is 23.8 Å². The first kappa shape index (κ1) is 16.9. The number of benzene rings is 1. The van der Waals surface area contributed by atoms with Crippen molar-refractivity contribution in [2.24, 2.45) is 0 Å². The van der Waals surface area contributed by atoms with E-state index in [9.17, 15) is 8.42 Å². The second kappa shape index (κ2) is 6.53. The molecule has 0 bridgehead atoms. The Kier molecular flexibility index (Phi) is 4.60. The molecular weight excluding hydrogens is 322 g/mol. The van der Waals surface area contributed by atoms with Gasteiger partial charge in [0.2, 0.25) is 10.0 Å². The van der Waals surface area contributed by atoms with E-state index in [0.29, 0.717) is 11.4 Å². The summed E-state index contributed by atoms with van der Waals surface area (Å²) in [5.74, 6) is 0.891. The van der Waals surface area contributed by atoms with Crippen molar-refractivity contribution >= 4 is 15.8 Å². The van der Waals surface area contributed by atoms with Gasteiger partial charge in [0.15, 0.2) is 0 Å². The van der Waals surface area contributed by atoms with Crippen LogP contribution in [0.1, 0.15) is 23.1 Å². The van der Waals surface area contributed by atoms with E-state index in [1.54, 1.807) is 6.20 Å². The summed E-state index contributed by atoms with van der Waals surface area (Å²) in [5.41, 5.74) is 2.66. The molecule has 1 saturated heterocycles. The van der Waals surface area contributed by atoms with E-state index < -0.39 is 10.0 Å². The zero-order valence-electron chi connectivity index (χ0n) is 14.3. The van der Waals surface area contributed by atoms with Crippen molar-refractivity contribution in [2.75, 3.05) is 18.0 Å². The third-order valence-corrected chi connectivity index (χ3v) is 6.18. The Morgan fingerprint density at radius 1 is 1.17 bits per heavy atom. The molecule has 5 nitrogen and oxygen atoms in total. The largest absolute Gasteiger partial charge is 0.355 e. The van der Waals surface area contributed by atoms with Crippen LogP contribution in [-0.4, -0.2) is 32.5 Å². The highest BCUT2D eigenvalue weighted by atomic mass is 32.2. The Bertz CT molecular complexity index is 812. The van der Waals surface area contributed by atoms with E-state index in [2.05, 4.69) is 14.6 Å². The van der Waals surface area contributed by atoms with Crippen LogP contribution in [-0.2, 0) is 10.0 Å². The molecule has 24 heavy (non-hydrogen) atoms. The maximum absolute atomic E-state index is 12.8. The highest BCUT2D eigenvalue weighted by Gasteiger charge is 2.29. The number of nitrogens with zero attached hydrogens (tertiary/aromatic N) is 2. The second-order valence-electron chi connectivity index (χ2n) is 6.47. The van der Waals surface area contributed by atoms with Crippen LogP contribution in [0.2, 0.25) is 0 Å². The van der Waals surface area contributed by atoms with Gasteiger partial charge in [-0.3, -0.25) is 0 Å². The summed E-state index contributed by atoms with van der Waals surface area (Å²) in [6, 6.07) is 9.50. The molecule has 0 spiro atoms. The van der Waals surface area contributed by atoms with E-state index in [0.717, 1.165) is 35.5 Å². The van der Waals surface area contributed by atoms with Gasteiger partial charge in [-0.2, -0.15) is 0 Å². The molecule has 2 heterocycles. The van der Waals surface area contributed by atoms with Gasteiger partial charge >= 0.3 is 0 Å². The lowest BCUT2D eigenvalue weighted by molar-refractivity contribution is 0.560. The fraction of sp³-hybridized carbons (Fsp3) is 0.389. The van der Waals surface area contributed by atoms with Crippen LogP contribution in [0.3, 0.4) is 0 Å². The number of rotatable bonds is 4. The number of pyridine rings is 1. The highest BCUT2D eigenvalue weighted by molar-refractivity contribution is 7.89. The van der Waals surface area contributed by atoms with Gasteiger partial charge in [0, 0.05) is 25.3 Å². The smallest absolute Gasteiger partial charge is 0.241 e. The van der Waals surface area contributed by atoms with Gasteiger partial charge in [0.1, 0.15) is 5.82 Å². The molecule has 1 aromatic carbocycles. The molecule has 0 radical (unpaired) electrons. The summed E-state index contributed by atoms with van der Waals surface area (Å²) in [6.45, 7) is 7.12. The van der Waals surface area contributed by atoms with E-state index >= 15 is 0 Å². The van der Waals surface area contributed by atoms with Crippen LogP contribution in [0.25, 0.3) is 0 Å². The lowest BCUT2D eigenvalue weighted by Crippen LogP contribution is -2.37. The van der Waals surface area contributed by atoms with Crippen LogP contribution in [0.5, 0.6) is 0 Å². The number of anilines is 1. The molecule has 0 amide bonds. The Labute approximate surface area is 143 Å². The maximum Gasteiger partial charge on any atom is 0.241 e. The minimum atomic E-state index is -3.52. The number of sulfonamides is 1. The minimum Gasteiger partial charge on any atom is -0.355 e. The van der Waals surface area contributed by atoms with Crippen LogP contribution < -0.4 is 9.62 Å². The number of hydrogen-bond acceptors (Lipinski definition) is 4. The molecule has 1 aromatic heterocycles. The zero-order chi connectivity index (χ0) is 17.3. The molecule has 0 aliphatic carbocycles. The van der Waals surface area contributed by atoms with Crippen molar-refractivity contribution in [3.63, 3.8) is 0 Å². The fourth-order valence-electron chi connectivity index (χ4n) is 3.47. The SMILES string of the molecule is Cc1cc(C)c(S(=O)(=O)NC2CCN(c3ccccn3)C2)c(C)c1. The standard InChI is InChI=1S/C18H23N3O2S/c1-13-10-14(2)18(15(3)11-13)24(22,23)20-16-7-9-21(12-16)17-6-4-5-8-19-17/h4-6,8,10-11,16,20H,7,9,12H2,1-3H3. The molecule has 1 atom stereocenters. The van der Waals surface area contributed by atoms with Crippen molar-refractivity contribution in [2.45, 2.75) is 38.1 Å². The van der Waals surface area contributed by atoms with Crippen molar-refractivity contribution < 1.29 is 8.42 Å². The molecule has 128 valence electrons. The third-order valence-electron chi connectivity index (χ3n) is 4.36. The summed E-state index contributed by atoms with van der Waals surface area (Å²) in [4.78, 5) is 6.86. The van der Waals surface area contributed by atoms with Crippen molar-refractivity contribution in [1.82, 2.24) is 9.71 Å². The monoisotopic (exact) mass is 345 g/mol. The first-order valence-electron chi connectivity index (χ1n) is 8.13. The van der Waals surface area contributed by atoms with E-state index in [1.165, 1.54) is 0 Å². The highest BCUT2D eigenvalue weighted by Crippen LogP contribution is 2.24. The molecule has 1 aliphatic heterocycles.